The highest BCUT2D eigenvalue weighted by atomic mass is 32.2. The molecule has 1 saturated heterocycles. The molecule has 1 aromatic rings. The molecule has 1 aromatic carbocycles. The second-order valence-corrected chi connectivity index (χ2v) is 8.61. The lowest BCUT2D eigenvalue weighted by Gasteiger charge is -2.41. The SMILES string of the molecule is Cc1ccc(S(=O)(=O)OCCC2CCN2C(=O)OC(C)(C)C)cc1. The molecular weight excluding hydrogens is 330 g/mol. The van der Waals surface area contributed by atoms with Gasteiger partial charge in [-0.2, -0.15) is 8.42 Å². The van der Waals surface area contributed by atoms with E-state index in [0.29, 0.717) is 13.0 Å². The molecule has 1 aliphatic heterocycles. The van der Waals surface area contributed by atoms with Crippen LogP contribution in [0.1, 0.15) is 39.2 Å². The third-order valence-electron chi connectivity index (χ3n) is 3.77. The van der Waals surface area contributed by atoms with Crippen LogP contribution in [0, 0.1) is 6.92 Å². The monoisotopic (exact) mass is 355 g/mol. The Hall–Kier alpha value is -1.60. The normalized spacial score (nSPS) is 18.2. The van der Waals surface area contributed by atoms with Crippen molar-refractivity contribution in [2.24, 2.45) is 0 Å². The summed E-state index contributed by atoms with van der Waals surface area (Å²) in [6.07, 6.45) is 0.928. The number of amides is 1. The minimum atomic E-state index is -3.76. The molecular formula is C17H25NO5S. The van der Waals surface area contributed by atoms with Crippen molar-refractivity contribution in [1.82, 2.24) is 4.90 Å². The van der Waals surface area contributed by atoms with E-state index >= 15 is 0 Å². The van der Waals surface area contributed by atoms with Gasteiger partial charge in [0.1, 0.15) is 5.60 Å². The number of likely N-dealkylation sites (tertiary alicyclic amines) is 1. The topological polar surface area (TPSA) is 72.9 Å². The van der Waals surface area contributed by atoms with Gasteiger partial charge < -0.3 is 9.64 Å². The molecule has 7 heteroatoms. The molecule has 0 aliphatic carbocycles. The van der Waals surface area contributed by atoms with E-state index in [-0.39, 0.29) is 23.6 Å². The number of benzene rings is 1. The van der Waals surface area contributed by atoms with Crippen molar-refractivity contribution in [3.8, 4) is 0 Å². The molecule has 1 fully saturated rings. The van der Waals surface area contributed by atoms with E-state index in [2.05, 4.69) is 0 Å². The molecule has 0 saturated carbocycles. The smallest absolute Gasteiger partial charge is 0.410 e. The van der Waals surface area contributed by atoms with Gasteiger partial charge in [-0.25, -0.2) is 4.79 Å². The summed E-state index contributed by atoms with van der Waals surface area (Å²) in [7, 11) is -3.76. The Labute approximate surface area is 143 Å². The van der Waals surface area contributed by atoms with E-state index in [0.717, 1.165) is 12.0 Å². The van der Waals surface area contributed by atoms with Crippen LogP contribution >= 0.6 is 0 Å². The Morgan fingerprint density at radius 3 is 2.38 bits per heavy atom. The summed E-state index contributed by atoms with van der Waals surface area (Å²) in [5.74, 6) is 0. The summed E-state index contributed by atoms with van der Waals surface area (Å²) < 4.78 is 34.6. The Balaban J connectivity index is 1.83. The highest BCUT2D eigenvalue weighted by molar-refractivity contribution is 7.86. The highest BCUT2D eigenvalue weighted by Gasteiger charge is 2.35. The van der Waals surface area contributed by atoms with Crippen LogP contribution in [0.4, 0.5) is 4.79 Å². The Bertz CT molecular complexity index is 676. The zero-order chi connectivity index (χ0) is 18.0. The first kappa shape index (κ1) is 18.7. The van der Waals surface area contributed by atoms with E-state index in [1.807, 2.05) is 27.7 Å². The summed E-state index contributed by atoms with van der Waals surface area (Å²) >= 11 is 0. The first-order chi connectivity index (χ1) is 11.1. The molecule has 134 valence electrons. The second-order valence-electron chi connectivity index (χ2n) is 6.99. The fourth-order valence-corrected chi connectivity index (χ4v) is 3.29. The summed E-state index contributed by atoms with van der Waals surface area (Å²) in [4.78, 5) is 13.8. The molecule has 2 rings (SSSR count). The summed E-state index contributed by atoms with van der Waals surface area (Å²) in [6, 6.07) is 6.48. The van der Waals surface area contributed by atoms with Crippen LogP contribution in [0.15, 0.2) is 29.2 Å². The minimum Gasteiger partial charge on any atom is -0.444 e. The lowest BCUT2D eigenvalue weighted by atomic mass is 10.0. The molecule has 1 heterocycles. The summed E-state index contributed by atoms with van der Waals surface area (Å²) in [6.45, 7) is 8.01. The minimum absolute atomic E-state index is 0.0342. The van der Waals surface area contributed by atoms with Gasteiger partial charge in [0.05, 0.1) is 11.5 Å². The fourth-order valence-electron chi connectivity index (χ4n) is 2.37. The predicted molar refractivity (Wildman–Crippen MR) is 90.3 cm³/mol. The summed E-state index contributed by atoms with van der Waals surface area (Å²) in [5, 5.41) is 0. The second kappa shape index (κ2) is 7.11. The van der Waals surface area contributed by atoms with Gasteiger partial charge in [0, 0.05) is 12.6 Å². The van der Waals surface area contributed by atoms with Crippen LogP contribution in [0.25, 0.3) is 0 Å². The average Bonchev–Trinajstić information content (AvgIpc) is 2.40. The lowest BCUT2D eigenvalue weighted by molar-refractivity contribution is -0.00850. The molecule has 1 aliphatic rings. The van der Waals surface area contributed by atoms with Crippen LogP contribution in [0.5, 0.6) is 0 Å². The predicted octanol–water partition coefficient (Wildman–Crippen LogP) is 3.10. The molecule has 0 spiro atoms. The zero-order valence-electron chi connectivity index (χ0n) is 14.6. The number of hydrogen-bond acceptors (Lipinski definition) is 5. The van der Waals surface area contributed by atoms with Crippen molar-refractivity contribution in [2.75, 3.05) is 13.2 Å². The lowest BCUT2D eigenvalue weighted by Crippen LogP contribution is -2.53. The molecule has 6 nitrogen and oxygen atoms in total. The third kappa shape index (κ3) is 4.95. The zero-order valence-corrected chi connectivity index (χ0v) is 15.4. The van der Waals surface area contributed by atoms with E-state index in [1.54, 1.807) is 17.0 Å². The van der Waals surface area contributed by atoms with Crippen LogP contribution in [-0.4, -0.2) is 44.2 Å². The Morgan fingerprint density at radius 1 is 1.25 bits per heavy atom. The fraction of sp³-hybridized carbons (Fsp3) is 0.588. The first-order valence-electron chi connectivity index (χ1n) is 8.04. The first-order valence-corrected chi connectivity index (χ1v) is 9.45. The number of carbonyl (C=O) groups excluding carboxylic acids is 1. The van der Waals surface area contributed by atoms with E-state index in [4.69, 9.17) is 8.92 Å². The number of ether oxygens (including phenoxy) is 1. The van der Waals surface area contributed by atoms with Gasteiger partial charge in [-0.05, 0) is 52.7 Å². The molecule has 0 bridgehead atoms. The largest absolute Gasteiger partial charge is 0.444 e. The van der Waals surface area contributed by atoms with E-state index in [9.17, 15) is 13.2 Å². The van der Waals surface area contributed by atoms with Crippen LogP contribution in [0.3, 0.4) is 0 Å². The van der Waals surface area contributed by atoms with E-state index < -0.39 is 15.7 Å². The molecule has 1 atom stereocenters. The third-order valence-corrected chi connectivity index (χ3v) is 5.10. The number of hydrogen-bond donors (Lipinski definition) is 0. The summed E-state index contributed by atoms with van der Waals surface area (Å²) in [5.41, 5.74) is 0.444. The van der Waals surface area contributed by atoms with Crippen LogP contribution in [0.2, 0.25) is 0 Å². The maximum Gasteiger partial charge on any atom is 0.410 e. The Kier molecular flexibility index (Phi) is 5.55. The maximum atomic E-state index is 12.1. The highest BCUT2D eigenvalue weighted by Crippen LogP contribution is 2.24. The van der Waals surface area contributed by atoms with Gasteiger partial charge in [-0.3, -0.25) is 4.18 Å². The van der Waals surface area contributed by atoms with Crippen molar-refractivity contribution >= 4 is 16.2 Å². The maximum absolute atomic E-state index is 12.1. The number of nitrogens with zero attached hydrogens (tertiary/aromatic N) is 1. The van der Waals surface area contributed by atoms with Crippen molar-refractivity contribution in [1.29, 1.82) is 0 Å². The molecule has 1 amide bonds. The van der Waals surface area contributed by atoms with E-state index in [1.165, 1.54) is 12.1 Å². The van der Waals surface area contributed by atoms with Gasteiger partial charge in [0.2, 0.25) is 0 Å². The molecule has 0 radical (unpaired) electrons. The standard InChI is InChI=1S/C17H25NO5S/c1-13-5-7-15(8-6-13)24(20,21)22-12-10-14-9-11-18(14)16(19)23-17(2,3)4/h5-8,14H,9-12H2,1-4H3. The van der Waals surface area contributed by atoms with Gasteiger partial charge in [-0.15, -0.1) is 0 Å². The molecule has 0 aromatic heterocycles. The molecule has 24 heavy (non-hydrogen) atoms. The van der Waals surface area contributed by atoms with Gasteiger partial charge >= 0.3 is 6.09 Å². The quantitative estimate of drug-likeness (QED) is 0.759. The Morgan fingerprint density at radius 2 is 1.88 bits per heavy atom. The van der Waals surface area contributed by atoms with Gasteiger partial charge in [-0.1, -0.05) is 17.7 Å². The van der Waals surface area contributed by atoms with Crippen LogP contribution < -0.4 is 0 Å². The van der Waals surface area contributed by atoms with Crippen molar-refractivity contribution in [3.05, 3.63) is 29.8 Å². The van der Waals surface area contributed by atoms with Crippen molar-refractivity contribution in [3.63, 3.8) is 0 Å². The van der Waals surface area contributed by atoms with Crippen molar-refractivity contribution < 1.29 is 22.1 Å². The van der Waals surface area contributed by atoms with Crippen molar-refractivity contribution in [2.45, 2.75) is 57.1 Å². The number of carbonyl (C=O) groups is 1. The number of aryl methyl sites for hydroxylation is 1. The number of rotatable bonds is 5. The molecule has 1 unspecified atom stereocenters. The van der Waals surface area contributed by atoms with Crippen LogP contribution in [-0.2, 0) is 19.0 Å². The van der Waals surface area contributed by atoms with Gasteiger partial charge in [0.25, 0.3) is 10.1 Å². The average molecular weight is 355 g/mol. The molecule has 0 N–H and O–H groups in total. The van der Waals surface area contributed by atoms with Gasteiger partial charge in [0.15, 0.2) is 0 Å².